The van der Waals surface area contributed by atoms with Crippen molar-refractivity contribution in [1.82, 2.24) is 0 Å². The molecule has 0 fully saturated rings. The van der Waals surface area contributed by atoms with E-state index in [9.17, 15) is 0 Å². The van der Waals surface area contributed by atoms with E-state index in [0.717, 1.165) is 11.2 Å². The molecule has 3 aromatic rings. The van der Waals surface area contributed by atoms with Crippen molar-refractivity contribution in [2.75, 3.05) is 0 Å². The lowest BCUT2D eigenvalue weighted by molar-refractivity contribution is 0.477. The van der Waals surface area contributed by atoms with E-state index in [1.165, 1.54) is 33.0 Å². The summed E-state index contributed by atoms with van der Waals surface area (Å²) in [6, 6.07) is 8.55. The average molecular weight is 393 g/mol. The fourth-order valence-electron chi connectivity index (χ4n) is 4.92. The molecule has 0 bridgehead atoms. The first-order valence-electron chi connectivity index (χ1n) is 11.0. The number of rotatable bonds is 0. The van der Waals surface area contributed by atoms with Gasteiger partial charge in [-0.3, -0.25) is 0 Å². The molecule has 0 amide bonds. The minimum Gasteiger partial charge on any atom is -0.456 e. The Hall–Kier alpha value is -1.76. The Morgan fingerprint density at radius 1 is 0.517 bits per heavy atom. The van der Waals surface area contributed by atoms with Crippen LogP contribution >= 0.6 is 0 Å². The number of furan rings is 1. The first-order valence-corrected chi connectivity index (χ1v) is 11.0. The van der Waals surface area contributed by atoms with Gasteiger partial charge < -0.3 is 4.42 Å². The molecule has 158 valence electrons. The van der Waals surface area contributed by atoms with Crippen LogP contribution in [0.4, 0.5) is 0 Å². The van der Waals surface area contributed by atoms with Crippen LogP contribution in [-0.2, 0) is 21.7 Å². The van der Waals surface area contributed by atoms with Crippen LogP contribution in [0.15, 0.2) is 28.7 Å². The first kappa shape index (κ1) is 21.9. The zero-order valence-electron chi connectivity index (χ0n) is 20.7. The van der Waals surface area contributed by atoms with Gasteiger partial charge in [0.15, 0.2) is 0 Å². The Kier molecular flexibility index (Phi) is 4.82. The highest BCUT2D eigenvalue weighted by Gasteiger charge is 2.40. The summed E-state index contributed by atoms with van der Waals surface area (Å²) >= 11 is 0. The van der Waals surface area contributed by atoms with Crippen molar-refractivity contribution in [3.8, 4) is 0 Å². The van der Waals surface area contributed by atoms with E-state index in [4.69, 9.17) is 4.42 Å². The largest absolute Gasteiger partial charge is 0.456 e. The standard InChI is InChI=1S/C28H40O/c1-25(2,3)20-19-17-15-13-14-16-18(17)29-24(19)23(28(10,11)12)22(27(7,8)9)21(20)26(4,5)6/h13-16H,1-12H3. The zero-order chi connectivity index (χ0) is 22.2. The summed E-state index contributed by atoms with van der Waals surface area (Å²) in [6.45, 7) is 28.2. The number of benzene rings is 2. The SMILES string of the molecule is CC(C)(C)c1c(C(C)(C)C)c(C(C)(C)C)c2c(oc3ccccc32)c1C(C)(C)C. The van der Waals surface area contributed by atoms with Crippen LogP contribution in [0, 0.1) is 0 Å². The lowest BCUT2D eigenvalue weighted by Gasteiger charge is -2.40. The van der Waals surface area contributed by atoms with E-state index in [-0.39, 0.29) is 21.7 Å². The van der Waals surface area contributed by atoms with Crippen LogP contribution in [0.5, 0.6) is 0 Å². The molecule has 0 radical (unpaired) electrons. The quantitative estimate of drug-likeness (QED) is 0.372. The van der Waals surface area contributed by atoms with Crippen molar-refractivity contribution in [3.63, 3.8) is 0 Å². The third-order valence-corrected chi connectivity index (χ3v) is 5.82. The third-order valence-electron chi connectivity index (χ3n) is 5.82. The van der Waals surface area contributed by atoms with E-state index in [0.29, 0.717) is 0 Å². The van der Waals surface area contributed by atoms with Crippen molar-refractivity contribution in [2.24, 2.45) is 0 Å². The van der Waals surface area contributed by atoms with E-state index in [1.807, 2.05) is 0 Å². The molecular weight excluding hydrogens is 352 g/mol. The summed E-state index contributed by atoms with van der Waals surface area (Å²) in [5.74, 6) is 0. The van der Waals surface area contributed by atoms with E-state index in [1.54, 1.807) is 0 Å². The van der Waals surface area contributed by atoms with E-state index >= 15 is 0 Å². The van der Waals surface area contributed by atoms with Gasteiger partial charge in [0, 0.05) is 16.3 Å². The monoisotopic (exact) mass is 392 g/mol. The van der Waals surface area contributed by atoms with Gasteiger partial charge in [0.05, 0.1) is 0 Å². The minimum absolute atomic E-state index is 0.00389. The maximum atomic E-state index is 6.65. The molecule has 3 rings (SSSR count). The molecule has 0 unspecified atom stereocenters. The average Bonchev–Trinajstić information content (AvgIpc) is 2.87. The molecule has 0 aliphatic rings. The molecule has 0 atom stereocenters. The van der Waals surface area contributed by atoms with Gasteiger partial charge in [-0.1, -0.05) is 101 Å². The maximum absolute atomic E-state index is 6.65. The molecular formula is C28H40O. The number of hydrogen-bond donors (Lipinski definition) is 0. The van der Waals surface area contributed by atoms with Crippen molar-refractivity contribution in [2.45, 2.75) is 105 Å². The smallest absolute Gasteiger partial charge is 0.139 e. The summed E-state index contributed by atoms with van der Waals surface area (Å²) in [6.07, 6.45) is 0. The molecule has 0 spiro atoms. The van der Waals surface area contributed by atoms with Crippen molar-refractivity contribution in [1.29, 1.82) is 0 Å². The van der Waals surface area contributed by atoms with Crippen LogP contribution in [0.2, 0.25) is 0 Å². The summed E-state index contributed by atoms with van der Waals surface area (Å²) < 4.78 is 6.65. The number of hydrogen-bond acceptors (Lipinski definition) is 1. The van der Waals surface area contributed by atoms with Crippen LogP contribution in [0.3, 0.4) is 0 Å². The third kappa shape index (κ3) is 3.62. The van der Waals surface area contributed by atoms with Gasteiger partial charge in [0.2, 0.25) is 0 Å². The lowest BCUT2D eigenvalue weighted by atomic mass is 9.63. The Balaban J connectivity index is 2.84. The highest BCUT2D eigenvalue weighted by atomic mass is 16.3. The summed E-state index contributed by atoms with van der Waals surface area (Å²) in [5.41, 5.74) is 7.88. The normalized spacial score (nSPS) is 14.2. The Morgan fingerprint density at radius 3 is 1.38 bits per heavy atom. The second-order valence-corrected chi connectivity index (χ2v) is 12.8. The lowest BCUT2D eigenvalue weighted by Crippen LogP contribution is -2.32. The topological polar surface area (TPSA) is 13.1 Å². The van der Waals surface area contributed by atoms with Crippen molar-refractivity contribution >= 4 is 21.9 Å². The van der Waals surface area contributed by atoms with Gasteiger partial charge in [-0.15, -0.1) is 0 Å². The second-order valence-electron chi connectivity index (χ2n) is 12.8. The Bertz CT molecular complexity index is 1060. The molecule has 1 heteroatoms. The van der Waals surface area contributed by atoms with Gasteiger partial charge >= 0.3 is 0 Å². The summed E-state index contributed by atoms with van der Waals surface area (Å²) in [5, 5.41) is 2.56. The van der Waals surface area contributed by atoms with E-state index in [2.05, 4.69) is 107 Å². The molecule has 0 aliphatic carbocycles. The number of para-hydroxylation sites is 1. The van der Waals surface area contributed by atoms with Gasteiger partial charge in [-0.2, -0.15) is 0 Å². The molecule has 1 heterocycles. The molecule has 29 heavy (non-hydrogen) atoms. The fraction of sp³-hybridized carbons (Fsp3) is 0.571. The predicted octanol–water partition coefficient (Wildman–Crippen LogP) is 8.78. The molecule has 1 nitrogen and oxygen atoms in total. The highest BCUT2D eigenvalue weighted by molar-refractivity contribution is 6.09. The minimum atomic E-state index is -0.0227. The van der Waals surface area contributed by atoms with Crippen LogP contribution < -0.4 is 0 Å². The molecule has 1 aromatic heterocycles. The van der Waals surface area contributed by atoms with Gasteiger partial charge in [-0.05, 0) is 44.4 Å². The summed E-state index contributed by atoms with van der Waals surface area (Å²) in [4.78, 5) is 0. The van der Waals surface area contributed by atoms with Crippen LogP contribution in [-0.4, -0.2) is 0 Å². The molecule has 0 N–H and O–H groups in total. The van der Waals surface area contributed by atoms with Crippen molar-refractivity contribution < 1.29 is 4.42 Å². The fourth-order valence-corrected chi connectivity index (χ4v) is 4.92. The Labute approximate surface area is 177 Å². The first-order chi connectivity index (χ1) is 13.0. The number of fused-ring (bicyclic) bond motifs is 3. The zero-order valence-corrected chi connectivity index (χ0v) is 20.7. The molecule has 0 aliphatic heterocycles. The van der Waals surface area contributed by atoms with Crippen molar-refractivity contribution in [3.05, 3.63) is 46.5 Å². The molecule has 2 aromatic carbocycles. The summed E-state index contributed by atoms with van der Waals surface area (Å²) in [7, 11) is 0. The molecule has 0 saturated heterocycles. The Morgan fingerprint density at radius 2 is 0.931 bits per heavy atom. The second kappa shape index (κ2) is 6.37. The van der Waals surface area contributed by atoms with Crippen LogP contribution in [0.25, 0.3) is 21.9 Å². The van der Waals surface area contributed by atoms with Crippen LogP contribution in [0.1, 0.15) is 105 Å². The van der Waals surface area contributed by atoms with Gasteiger partial charge in [0.25, 0.3) is 0 Å². The van der Waals surface area contributed by atoms with Gasteiger partial charge in [-0.25, -0.2) is 0 Å². The highest BCUT2D eigenvalue weighted by Crippen LogP contribution is 2.51. The maximum Gasteiger partial charge on any atom is 0.139 e. The molecule has 0 saturated carbocycles. The predicted molar refractivity (Wildman–Crippen MR) is 129 cm³/mol. The van der Waals surface area contributed by atoms with E-state index < -0.39 is 0 Å². The van der Waals surface area contributed by atoms with Gasteiger partial charge in [0.1, 0.15) is 11.2 Å².